The second kappa shape index (κ2) is 5.32. The van der Waals surface area contributed by atoms with E-state index in [0.29, 0.717) is 6.61 Å². The number of rotatable bonds is 5. The van der Waals surface area contributed by atoms with Crippen LogP contribution in [0.15, 0.2) is 18.2 Å². The molecule has 0 aliphatic heterocycles. The largest absolute Gasteiger partial charge is 0.492 e. The lowest BCUT2D eigenvalue weighted by Crippen LogP contribution is -2.34. The molecule has 1 unspecified atom stereocenters. The fourth-order valence-electron chi connectivity index (χ4n) is 2.06. The fraction of sp³-hybridized carbons (Fsp3) is 0.538. The van der Waals surface area contributed by atoms with Gasteiger partial charge in [0, 0.05) is 0 Å². The molecule has 0 heterocycles. The summed E-state index contributed by atoms with van der Waals surface area (Å²) in [5.41, 5.74) is 2.88. The average molecular weight is 221 g/mol. The molecular formula is C13H19NO2. The van der Waals surface area contributed by atoms with E-state index in [2.05, 4.69) is 17.4 Å². The minimum atomic E-state index is 0.00764. The van der Waals surface area contributed by atoms with Crippen LogP contribution in [-0.2, 0) is 12.8 Å². The smallest absolute Gasteiger partial charge is 0.119 e. The van der Waals surface area contributed by atoms with Gasteiger partial charge in [-0.2, -0.15) is 0 Å². The zero-order valence-corrected chi connectivity index (χ0v) is 9.70. The first-order valence-electron chi connectivity index (χ1n) is 5.86. The molecule has 3 nitrogen and oxygen atoms in total. The van der Waals surface area contributed by atoms with Gasteiger partial charge in [0.25, 0.3) is 0 Å². The molecule has 0 saturated heterocycles. The molecule has 0 fully saturated rings. The predicted octanol–water partition coefficient (Wildman–Crippen LogP) is 1.13. The summed E-state index contributed by atoms with van der Waals surface area (Å²) in [6.45, 7) is 0.604. The Balaban J connectivity index is 1.95. The quantitative estimate of drug-likeness (QED) is 0.783. The van der Waals surface area contributed by atoms with Crippen LogP contribution in [0.4, 0.5) is 0 Å². The molecule has 2 rings (SSSR count). The van der Waals surface area contributed by atoms with E-state index >= 15 is 0 Å². The molecule has 2 N–H and O–H groups in total. The second-order valence-corrected chi connectivity index (χ2v) is 4.26. The van der Waals surface area contributed by atoms with Gasteiger partial charge in [-0.25, -0.2) is 0 Å². The molecule has 0 aromatic heterocycles. The summed E-state index contributed by atoms with van der Waals surface area (Å²) in [5.74, 6) is 0.911. The van der Waals surface area contributed by atoms with E-state index in [0.717, 1.165) is 5.75 Å². The number of benzene rings is 1. The van der Waals surface area contributed by atoms with Gasteiger partial charge in [0.2, 0.25) is 0 Å². The number of aliphatic hydroxyl groups is 1. The zero-order chi connectivity index (χ0) is 11.4. The summed E-state index contributed by atoms with van der Waals surface area (Å²) < 4.78 is 5.65. The summed E-state index contributed by atoms with van der Waals surface area (Å²) in [4.78, 5) is 0. The molecule has 0 spiro atoms. The number of aryl methyl sites for hydroxylation is 2. The molecule has 16 heavy (non-hydrogen) atoms. The van der Waals surface area contributed by atoms with E-state index in [1.165, 1.54) is 30.4 Å². The molecule has 0 saturated carbocycles. The maximum Gasteiger partial charge on any atom is 0.119 e. The van der Waals surface area contributed by atoms with Crippen molar-refractivity contribution in [1.29, 1.82) is 0 Å². The molecule has 88 valence electrons. The van der Waals surface area contributed by atoms with E-state index < -0.39 is 0 Å². The molecule has 0 radical (unpaired) electrons. The van der Waals surface area contributed by atoms with Gasteiger partial charge < -0.3 is 15.2 Å². The Hall–Kier alpha value is -1.06. The van der Waals surface area contributed by atoms with Crippen LogP contribution in [0.25, 0.3) is 0 Å². The number of hydrogen-bond donors (Lipinski definition) is 2. The minimum absolute atomic E-state index is 0.00764. The van der Waals surface area contributed by atoms with Gasteiger partial charge >= 0.3 is 0 Å². The molecule has 0 amide bonds. The third-order valence-electron chi connectivity index (χ3n) is 3.15. The normalized spacial score (nSPS) is 15.9. The van der Waals surface area contributed by atoms with E-state index in [-0.39, 0.29) is 12.6 Å². The highest BCUT2D eigenvalue weighted by molar-refractivity contribution is 5.38. The van der Waals surface area contributed by atoms with Crippen LogP contribution in [0.2, 0.25) is 0 Å². The number of nitrogens with one attached hydrogen (secondary N) is 1. The lowest BCUT2D eigenvalue weighted by molar-refractivity contribution is 0.189. The molecule has 1 aromatic rings. The van der Waals surface area contributed by atoms with Crippen molar-refractivity contribution in [2.45, 2.75) is 25.3 Å². The lowest BCUT2D eigenvalue weighted by Gasteiger charge is -2.14. The van der Waals surface area contributed by atoms with Crippen molar-refractivity contribution < 1.29 is 9.84 Å². The van der Waals surface area contributed by atoms with Crippen LogP contribution in [0, 0.1) is 0 Å². The highest BCUT2D eigenvalue weighted by atomic mass is 16.5. The standard InChI is InChI=1S/C13H19NO2/c1-14-12(8-15)9-16-13-6-5-10-3-2-4-11(10)7-13/h5-7,12,14-15H,2-4,8-9H2,1H3. The van der Waals surface area contributed by atoms with Crippen molar-refractivity contribution in [3.8, 4) is 5.75 Å². The van der Waals surface area contributed by atoms with Crippen LogP contribution in [0.3, 0.4) is 0 Å². The van der Waals surface area contributed by atoms with Gasteiger partial charge in [0.05, 0.1) is 12.6 Å². The Kier molecular flexibility index (Phi) is 3.80. The first-order chi connectivity index (χ1) is 7.83. The van der Waals surface area contributed by atoms with Crippen molar-refractivity contribution in [1.82, 2.24) is 5.32 Å². The number of likely N-dealkylation sites (N-methyl/N-ethyl adjacent to an activating group) is 1. The summed E-state index contributed by atoms with van der Waals surface area (Å²) in [6.07, 6.45) is 3.63. The third kappa shape index (κ3) is 2.54. The highest BCUT2D eigenvalue weighted by Crippen LogP contribution is 2.25. The molecule has 0 bridgehead atoms. The number of fused-ring (bicyclic) bond motifs is 1. The number of ether oxygens (including phenoxy) is 1. The molecule has 1 aromatic carbocycles. The van der Waals surface area contributed by atoms with Gasteiger partial charge in [-0.05, 0) is 49.6 Å². The maximum absolute atomic E-state index is 9.02. The fourth-order valence-corrected chi connectivity index (χ4v) is 2.06. The Labute approximate surface area is 96.4 Å². The van der Waals surface area contributed by atoms with Gasteiger partial charge in [-0.1, -0.05) is 6.07 Å². The van der Waals surface area contributed by atoms with Crippen molar-refractivity contribution >= 4 is 0 Å². The summed E-state index contributed by atoms with van der Waals surface area (Å²) in [5, 5.41) is 12.0. The van der Waals surface area contributed by atoms with Crippen LogP contribution < -0.4 is 10.1 Å². The van der Waals surface area contributed by atoms with Crippen LogP contribution in [0.5, 0.6) is 5.75 Å². The summed E-state index contributed by atoms with van der Waals surface area (Å²) >= 11 is 0. The first-order valence-corrected chi connectivity index (χ1v) is 5.86. The Morgan fingerprint density at radius 2 is 2.19 bits per heavy atom. The molecule has 1 atom stereocenters. The van der Waals surface area contributed by atoms with E-state index in [1.807, 2.05) is 13.1 Å². The Bertz CT molecular complexity index is 348. The van der Waals surface area contributed by atoms with Crippen molar-refractivity contribution in [3.63, 3.8) is 0 Å². The molecular weight excluding hydrogens is 202 g/mol. The third-order valence-corrected chi connectivity index (χ3v) is 3.15. The van der Waals surface area contributed by atoms with Gasteiger partial charge in [0.15, 0.2) is 0 Å². The highest BCUT2D eigenvalue weighted by Gasteiger charge is 2.12. The average Bonchev–Trinajstić information content (AvgIpc) is 2.77. The number of hydrogen-bond acceptors (Lipinski definition) is 3. The first kappa shape index (κ1) is 11.4. The maximum atomic E-state index is 9.02. The van der Waals surface area contributed by atoms with Crippen molar-refractivity contribution in [2.75, 3.05) is 20.3 Å². The Morgan fingerprint density at radius 3 is 2.94 bits per heavy atom. The molecule has 3 heteroatoms. The van der Waals surface area contributed by atoms with E-state index in [9.17, 15) is 0 Å². The van der Waals surface area contributed by atoms with Crippen LogP contribution in [-0.4, -0.2) is 31.4 Å². The summed E-state index contributed by atoms with van der Waals surface area (Å²) in [6, 6.07) is 6.32. The lowest BCUT2D eigenvalue weighted by atomic mass is 10.1. The Morgan fingerprint density at radius 1 is 1.38 bits per heavy atom. The SMILES string of the molecule is CNC(CO)COc1ccc2c(c1)CCC2. The van der Waals surface area contributed by atoms with E-state index in [1.54, 1.807) is 0 Å². The molecule has 1 aliphatic carbocycles. The van der Waals surface area contributed by atoms with Crippen LogP contribution >= 0.6 is 0 Å². The number of aliphatic hydroxyl groups excluding tert-OH is 1. The van der Waals surface area contributed by atoms with Gasteiger partial charge in [0.1, 0.15) is 12.4 Å². The second-order valence-electron chi connectivity index (χ2n) is 4.26. The van der Waals surface area contributed by atoms with Gasteiger partial charge in [-0.15, -0.1) is 0 Å². The summed E-state index contributed by atoms with van der Waals surface area (Å²) in [7, 11) is 1.83. The predicted molar refractivity (Wildman–Crippen MR) is 63.9 cm³/mol. The van der Waals surface area contributed by atoms with E-state index in [4.69, 9.17) is 9.84 Å². The zero-order valence-electron chi connectivity index (χ0n) is 9.70. The van der Waals surface area contributed by atoms with Crippen molar-refractivity contribution in [3.05, 3.63) is 29.3 Å². The van der Waals surface area contributed by atoms with Gasteiger partial charge in [-0.3, -0.25) is 0 Å². The van der Waals surface area contributed by atoms with Crippen molar-refractivity contribution in [2.24, 2.45) is 0 Å². The molecule has 1 aliphatic rings. The van der Waals surface area contributed by atoms with Crippen LogP contribution in [0.1, 0.15) is 17.5 Å². The minimum Gasteiger partial charge on any atom is -0.492 e. The monoisotopic (exact) mass is 221 g/mol. The topological polar surface area (TPSA) is 41.5 Å².